The minimum atomic E-state index is -3.25. The minimum absolute atomic E-state index is 0.0954. The summed E-state index contributed by atoms with van der Waals surface area (Å²) in [6.45, 7) is 3.74. The van der Waals surface area contributed by atoms with Crippen molar-refractivity contribution in [1.29, 1.82) is 0 Å². The van der Waals surface area contributed by atoms with Gasteiger partial charge in [-0.15, -0.1) is 0 Å². The number of nitrogens with two attached hydrogens (primary N) is 1. The average Bonchev–Trinajstić information content (AvgIpc) is 1.99. The van der Waals surface area contributed by atoms with Crippen molar-refractivity contribution < 1.29 is 8.42 Å². The normalized spacial score (nSPS) is 12.0. The van der Waals surface area contributed by atoms with Crippen molar-refractivity contribution in [2.75, 3.05) is 11.5 Å². The van der Waals surface area contributed by atoms with Gasteiger partial charge in [-0.25, -0.2) is 8.42 Å². The molecule has 0 heterocycles. The van der Waals surface area contributed by atoms with Gasteiger partial charge >= 0.3 is 0 Å². The van der Waals surface area contributed by atoms with E-state index in [4.69, 9.17) is 5.73 Å². The Kier molecular flexibility index (Phi) is 3.78. The number of benzene rings is 1. The summed E-state index contributed by atoms with van der Waals surface area (Å²) in [7, 11) is -3.25. The van der Waals surface area contributed by atoms with Crippen molar-refractivity contribution in [2.45, 2.75) is 18.7 Å². The maximum Gasteiger partial charge on any atom is 0.180 e. The molecule has 1 aromatic carbocycles. The van der Waals surface area contributed by atoms with Gasteiger partial charge in [0.05, 0.1) is 16.3 Å². The lowest BCUT2D eigenvalue weighted by molar-refractivity contribution is 0.583. The molecule has 15 heavy (non-hydrogen) atoms. The Bertz CT molecular complexity index is 454. The minimum Gasteiger partial charge on any atom is -0.398 e. The molecule has 0 unspecified atom stereocenters. The lowest BCUT2D eigenvalue weighted by Crippen LogP contribution is -2.13. The summed E-state index contributed by atoms with van der Waals surface area (Å²) < 4.78 is 24.5. The maximum absolute atomic E-state index is 11.9. The van der Waals surface area contributed by atoms with Crippen LogP contribution in [-0.2, 0) is 9.84 Å². The van der Waals surface area contributed by atoms with E-state index in [-0.39, 0.29) is 16.6 Å². The first-order valence-electron chi connectivity index (χ1n) is 4.60. The molecule has 0 atom stereocenters. The third-order valence-corrected chi connectivity index (χ3v) is 4.50. The molecule has 5 heteroatoms. The van der Waals surface area contributed by atoms with Crippen molar-refractivity contribution in [2.24, 2.45) is 5.92 Å². The van der Waals surface area contributed by atoms with Gasteiger partial charge in [0, 0.05) is 4.47 Å². The van der Waals surface area contributed by atoms with Crippen LogP contribution in [0.2, 0.25) is 0 Å². The number of anilines is 1. The fourth-order valence-electron chi connectivity index (χ4n) is 1.33. The highest BCUT2D eigenvalue weighted by atomic mass is 79.9. The lowest BCUT2D eigenvalue weighted by atomic mass is 10.3. The highest BCUT2D eigenvalue weighted by molar-refractivity contribution is 9.10. The smallest absolute Gasteiger partial charge is 0.180 e. The monoisotopic (exact) mass is 291 g/mol. The van der Waals surface area contributed by atoms with Gasteiger partial charge in [0.2, 0.25) is 0 Å². The summed E-state index contributed by atoms with van der Waals surface area (Å²) in [6, 6.07) is 4.83. The summed E-state index contributed by atoms with van der Waals surface area (Å²) in [6.07, 6.45) is 0. The summed E-state index contributed by atoms with van der Waals surface area (Å²) in [5, 5.41) is 0. The summed E-state index contributed by atoms with van der Waals surface area (Å²) >= 11 is 3.24. The number of sulfone groups is 1. The van der Waals surface area contributed by atoms with E-state index in [9.17, 15) is 8.42 Å². The second-order valence-corrected chi connectivity index (χ2v) is 6.78. The summed E-state index contributed by atoms with van der Waals surface area (Å²) in [4.78, 5) is 0.222. The van der Waals surface area contributed by atoms with Gasteiger partial charge in [0.15, 0.2) is 9.84 Å². The van der Waals surface area contributed by atoms with E-state index in [2.05, 4.69) is 15.9 Å². The lowest BCUT2D eigenvalue weighted by Gasteiger charge is -2.09. The van der Waals surface area contributed by atoms with Gasteiger partial charge < -0.3 is 5.73 Å². The molecule has 0 aliphatic heterocycles. The van der Waals surface area contributed by atoms with E-state index in [0.717, 1.165) is 4.47 Å². The molecule has 2 N–H and O–H groups in total. The molecule has 0 aromatic heterocycles. The van der Waals surface area contributed by atoms with Gasteiger partial charge in [0.25, 0.3) is 0 Å². The number of halogens is 1. The van der Waals surface area contributed by atoms with Crippen LogP contribution in [0.3, 0.4) is 0 Å². The topological polar surface area (TPSA) is 60.2 Å². The molecule has 3 nitrogen and oxygen atoms in total. The van der Waals surface area contributed by atoms with Gasteiger partial charge in [-0.05, 0) is 24.1 Å². The molecular weight excluding hydrogens is 278 g/mol. The van der Waals surface area contributed by atoms with Gasteiger partial charge in [-0.3, -0.25) is 0 Å². The number of nitrogen functional groups attached to an aromatic ring is 1. The van der Waals surface area contributed by atoms with Crippen molar-refractivity contribution >= 4 is 31.5 Å². The van der Waals surface area contributed by atoms with Crippen molar-refractivity contribution in [1.82, 2.24) is 0 Å². The molecule has 1 rings (SSSR count). The predicted octanol–water partition coefficient (Wildman–Crippen LogP) is 2.46. The molecular formula is C10H14BrNO2S. The highest BCUT2D eigenvalue weighted by Gasteiger charge is 2.18. The van der Waals surface area contributed by atoms with Crippen LogP contribution in [0, 0.1) is 5.92 Å². The second kappa shape index (κ2) is 4.53. The molecule has 0 fully saturated rings. The number of rotatable bonds is 3. The van der Waals surface area contributed by atoms with E-state index in [1.165, 1.54) is 6.07 Å². The predicted molar refractivity (Wildman–Crippen MR) is 65.4 cm³/mol. The van der Waals surface area contributed by atoms with Crippen LogP contribution < -0.4 is 5.73 Å². The fraction of sp³-hybridized carbons (Fsp3) is 0.400. The average molecular weight is 292 g/mol. The first kappa shape index (κ1) is 12.5. The van der Waals surface area contributed by atoms with Crippen molar-refractivity contribution in [3.8, 4) is 0 Å². The molecule has 0 aliphatic carbocycles. The second-order valence-electron chi connectivity index (χ2n) is 3.86. The molecule has 0 amide bonds. The number of hydrogen-bond donors (Lipinski definition) is 1. The Morgan fingerprint density at radius 3 is 2.47 bits per heavy atom. The van der Waals surface area contributed by atoms with Crippen LogP contribution in [0.25, 0.3) is 0 Å². The molecule has 0 bridgehead atoms. The molecule has 0 saturated carbocycles. The quantitative estimate of drug-likeness (QED) is 0.871. The van der Waals surface area contributed by atoms with Crippen LogP contribution in [0.5, 0.6) is 0 Å². The van der Waals surface area contributed by atoms with Crippen LogP contribution in [0.15, 0.2) is 27.6 Å². The van der Waals surface area contributed by atoms with Crippen molar-refractivity contribution in [3.05, 3.63) is 22.7 Å². The standard InChI is InChI=1S/C10H14BrNO2S/c1-7(2)6-15(13,14)10-4-3-8(11)5-9(10)12/h3-5,7H,6,12H2,1-2H3. The van der Waals surface area contributed by atoms with E-state index < -0.39 is 9.84 Å². The zero-order valence-corrected chi connectivity index (χ0v) is 11.1. The van der Waals surface area contributed by atoms with Crippen LogP contribution in [0.4, 0.5) is 5.69 Å². The van der Waals surface area contributed by atoms with Gasteiger partial charge in [-0.2, -0.15) is 0 Å². The molecule has 1 aromatic rings. The fourth-order valence-corrected chi connectivity index (χ4v) is 3.46. The molecule has 84 valence electrons. The maximum atomic E-state index is 11.9. The highest BCUT2D eigenvalue weighted by Crippen LogP contribution is 2.24. The molecule has 0 spiro atoms. The van der Waals surface area contributed by atoms with Crippen LogP contribution in [-0.4, -0.2) is 14.2 Å². The third kappa shape index (κ3) is 3.21. The molecule has 0 radical (unpaired) electrons. The zero-order valence-electron chi connectivity index (χ0n) is 8.70. The van der Waals surface area contributed by atoms with Gasteiger partial charge in [-0.1, -0.05) is 29.8 Å². The van der Waals surface area contributed by atoms with E-state index in [1.54, 1.807) is 12.1 Å². The Morgan fingerprint density at radius 2 is 2.00 bits per heavy atom. The zero-order chi connectivity index (χ0) is 11.6. The third-order valence-electron chi connectivity index (χ3n) is 1.86. The van der Waals surface area contributed by atoms with Crippen LogP contribution >= 0.6 is 15.9 Å². The van der Waals surface area contributed by atoms with E-state index in [0.29, 0.717) is 5.69 Å². The Morgan fingerprint density at radius 1 is 1.40 bits per heavy atom. The Labute approximate surface area is 98.7 Å². The van der Waals surface area contributed by atoms with Crippen LogP contribution in [0.1, 0.15) is 13.8 Å². The van der Waals surface area contributed by atoms with E-state index in [1.807, 2.05) is 13.8 Å². The summed E-state index contributed by atoms with van der Waals surface area (Å²) in [5.74, 6) is 0.219. The van der Waals surface area contributed by atoms with E-state index >= 15 is 0 Å². The first-order chi connectivity index (χ1) is 6.83. The van der Waals surface area contributed by atoms with Gasteiger partial charge in [0.1, 0.15) is 0 Å². The molecule has 0 aliphatic rings. The Balaban J connectivity index is 3.16. The largest absolute Gasteiger partial charge is 0.398 e. The number of hydrogen-bond acceptors (Lipinski definition) is 3. The summed E-state index contributed by atoms with van der Waals surface area (Å²) in [5.41, 5.74) is 5.97. The van der Waals surface area contributed by atoms with Crippen molar-refractivity contribution in [3.63, 3.8) is 0 Å². The first-order valence-corrected chi connectivity index (χ1v) is 7.05. The molecule has 0 saturated heterocycles. The Hall–Kier alpha value is -0.550. The SMILES string of the molecule is CC(C)CS(=O)(=O)c1ccc(Br)cc1N.